The third-order valence-electron chi connectivity index (χ3n) is 5.51. The molecule has 1 saturated heterocycles. The van der Waals surface area contributed by atoms with Crippen LogP contribution in [0.25, 0.3) is 5.69 Å². The molecule has 0 aliphatic carbocycles. The van der Waals surface area contributed by atoms with Gasteiger partial charge in [0.1, 0.15) is 12.3 Å². The van der Waals surface area contributed by atoms with Gasteiger partial charge in [0.2, 0.25) is 0 Å². The normalized spacial score (nSPS) is 22.3. The molecule has 3 unspecified atom stereocenters. The Labute approximate surface area is 165 Å². The molecule has 1 fully saturated rings. The van der Waals surface area contributed by atoms with E-state index in [0.717, 1.165) is 11.3 Å². The summed E-state index contributed by atoms with van der Waals surface area (Å²) in [6.07, 6.45) is 0.829. The lowest BCUT2D eigenvalue weighted by molar-refractivity contribution is 0.0927. The first-order valence-corrected chi connectivity index (χ1v) is 9.98. The van der Waals surface area contributed by atoms with Crippen molar-refractivity contribution in [3.05, 3.63) is 62.6 Å². The van der Waals surface area contributed by atoms with E-state index < -0.39 is 0 Å². The van der Waals surface area contributed by atoms with Crippen LogP contribution in [0.3, 0.4) is 0 Å². The highest BCUT2D eigenvalue weighted by atomic mass is 31.0. The summed E-state index contributed by atoms with van der Waals surface area (Å²) in [5.41, 5.74) is 1.02. The van der Waals surface area contributed by atoms with E-state index >= 15 is 0 Å². The quantitative estimate of drug-likeness (QED) is 0.714. The summed E-state index contributed by atoms with van der Waals surface area (Å²) < 4.78 is 12.5. The van der Waals surface area contributed by atoms with Gasteiger partial charge in [0.15, 0.2) is 0 Å². The summed E-state index contributed by atoms with van der Waals surface area (Å²) in [7, 11) is 6.82. The Bertz CT molecular complexity index is 1020. The Morgan fingerprint density at radius 3 is 2.50 bits per heavy atom. The lowest BCUT2D eigenvalue weighted by Crippen LogP contribution is -2.50. The van der Waals surface area contributed by atoms with E-state index in [4.69, 9.17) is 4.74 Å². The second kappa shape index (κ2) is 7.35. The van der Waals surface area contributed by atoms with Gasteiger partial charge in [-0.25, -0.2) is 23.5 Å². The molecule has 2 aliphatic rings. The predicted molar refractivity (Wildman–Crippen MR) is 110 cm³/mol. The van der Waals surface area contributed by atoms with E-state index in [1.54, 1.807) is 16.8 Å². The van der Waals surface area contributed by atoms with Gasteiger partial charge in [-0.2, -0.15) is 0 Å². The molecule has 2 aromatic rings. The Hall–Kier alpha value is -2.15. The molecule has 0 saturated carbocycles. The minimum absolute atomic E-state index is 0.134. The van der Waals surface area contributed by atoms with Crippen LogP contribution >= 0.6 is 9.39 Å². The Kier molecular flexibility index (Phi) is 5.04. The number of aromatic nitrogens is 3. The second-order valence-electron chi connectivity index (χ2n) is 7.39. The molecular weight excluding hydrogens is 377 g/mol. The van der Waals surface area contributed by atoms with Crippen LogP contribution < -0.4 is 11.4 Å². The fourth-order valence-electron chi connectivity index (χ4n) is 4.20. The van der Waals surface area contributed by atoms with Gasteiger partial charge in [0, 0.05) is 18.5 Å². The van der Waals surface area contributed by atoms with Crippen molar-refractivity contribution in [2.75, 3.05) is 27.2 Å². The maximum atomic E-state index is 13.3. The first kappa shape index (κ1) is 19.2. The predicted octanol–water partition coefficient (Wildman–Crippen LogP) is 1.03. The number of rotatable bonds is 4. The minimum Gasteiger partial charge on any atom is -0.496 e. The summed E-state index contributed by atoms with van der Waals surface area (Å²) >= 11 is 0. The van der Waals surface area contributed by atoms with Gasteiger partial charge >= 0.3 is 11.4 Å². The molecule has 8 nitrogen and oxygen atoms in total. The van der Waals surface area contributed by atoms with Gasteiger partial charge in [-0.05, 0) is 33.2 Å². The fourth-order valence-corrected chi connectivity index (χ4v) is 4.79. The number of hydrogen-bond acceptors (Lipinski definition) is 5. The summed E-state index contributed by atoms with van der Waals surface area (Å²) in [6.45, 7) is 3.41. The van der Waals surface area contributed by atoms with Crippen LogP contribution in [-0.4, -0.2) is 56.9 Å². The third kappa shape index (κ3) is 2.96. The van der Waals surface area contributed by atoms with E-state index in [-0.39, 0.29) is 30.1 Å². The Balaban J connectivity index is 1.89. The number of ether oxygens (including phenoxy) is 1. The average Bonchev–Trinajstić information content (AvgIpc) is 2.92. The van der Waals surface area contributed by atoms with E-state index in [1.807, 2.05) is 39.2 Å². The maximum Gasteiger partial charge on any atom is 0.352 e. The van der Waals surface area contributed by atoms with E-state index in [2.05, 4.69) is 19.0 Å². The second-order valence-corrected chi connectivity index (χ2v) is 8.05. The summed E-state index contributed by atoms with van der Waals surface area (Å²) in [5.74, 6) is 0.796. The molecule has 0 radical (unpaired) electrons. The summed E-state index contributed by atoms with van der Waals surface area (Å²) in [5, 5.41) is 0. The van der Waals surface area contributed by atoms with Crippen LogP contribution in [0.4, 0.5) is 0 Å². The fraction of sp³-hybridized carbons (Fsp3) is 0.474. The molecule has 4 rings (SSSR count). The molecular formula is C19H26N5O3P. The number of para-hydroxylation sites is 1. The Morgan fingerprint density at radius 1 is 1.14 bits per heavy atom. The molecule has 1 aromatic heterocycles. The first-order valence-electron chi connectivity index (χ1n) is 9.46. The summed E-state index contributed by atoms with van der Waals surface area (Å²) in [6, 6.07) is 8.87. The zero-order valence-electron chi connectivity index (χ0n) is 16.4. The Morgan fingerprint density at radius 2 is 1.86 bits per heavy atom. The lowest BCUT2D eigenvalue weighted by Gasteiger charge is -2.44. The van der Waals surface area contributed by atoms with Crippen molar-refractivity contribution in [2.45, 2.75) is 32.1 Å². The van der Waals surface area contributed by atoms with Crippen molar-refractivity contribution >= 4 is 9.39 Å². The standard InChI is InChI=1S/C19H26N5O3P/c1-4-27-16-12-21-18(25)23(13-8-6-5-7-9-13)19(26)24(21)15-10-17(20(2)3)22(28)11-14(15)16/h5-9,15,17H,4,10-12,28H2,1-3H3. The van der Waals surface area contributed by atoms with Gasteiger partial charge in [-0.1, -0.05) is 27.6 Å². The molecule has 28 heavy (non-hydrogen) atoms. The average molecular weight is 403 g/mol. The van der Waals surface area contributed by atoms with Crippen molar-refractivity contribution in [1.29, 1.82) is 0 Å². The van der Waals surface area contributed by atoms with Crippen molar-refractivity contribution in [1.82, 2.24) is 23.5 Å². The number of nitrogens with zero attached hydrogens (tertiary/aromatic N) is 5. The maximum absolute atomic E-state index is 13.3. The minimum atomic E-state index is -0.331. The molecule has 9 heteroatoms. The van der Waals surface area contributed by atoms with Crippen LogP contribution in [-0.2, 0) is 11.3 Å². The van der Waals surface area contributed by atoms with E-state index in [9.17, 15) is 9.59 Å². The third-order valence-corrected chi connectivity index (χ3v) is 6.03. The molecule has 1 aromatic carbocycles. The molecule has 150 valence electrons. The largest absolute Gasteiger partial charge is 0.496 e. The molecule has 0 N–H and O–H groups in total. The zero-order valence-corrected chi connectivity index (χ0v) is 17.6. The SMILES string of the molecule is CCOC1=C2CN(P)C(N(C)C)CC2n2c(=O)n(-c3ccccc3)c(=O)n2C1. The van der Waals surface area contributed by atoms with E-state index in [0.29, 0.717) is 25.3 Å². The number of piperidine rings is 1. The molecule has 0 bridgehead atoms. The zero-order chi connectivity index (χ0) is 20.0. The van der Waals surface area contributed by atoms with Crippen molar-refractivity contribution in [3.8, 4) is 5.69 Å². The van der Waals surface area contributed by atoms with Gasteiger partial charge < -0.3 is 4.74 Å². The van der Waals surface area contributed by atoms with Gasteiger partial charge in [-0.3, -0.25) is 9.57 Å². The topological polar surface area (TPSA) is 64.6 Å². The monoisotopic (exact) mass is 403 g/mol. The lowest BCUT2D eigenvalue weighted by atomic mass is 9.95. The molecule has 3 heterocycles. The van der Waals surface area contributed by atoms with E-state index in [1.165, 1.54) is 9.25 Å². The number of hydrogen-bond donors (Lipinski definition) is 0. The number of benzene rings is 1. The van der Waals surface area contributed by atoms with Crippen LogP contribution in [0.5, 0.6) is 0 Å². The highest BCUT2D eigenvalue weighted by Crippen LogP contribution is 2.37. The highest BCUT2D eigenvalue weighted by Gasteiger charge is 2.40. The van der Waals surface area contributed by atoms with Gasteiger partial charge in [0.25, 0.3) is 0 Å². The van der Waals surface area contributed by atoms with Crippen molar-refractivity contribution in [3.63, 3.8) is 0 Å². The molecule has 2 aliphatic heterocycles. The van der Waals surface area contributed by atoms with Gasteiger partial charge in [-0.15, -0.1) is 0 Å². The van der Waals surface area contributed by atoms with Gasteiger partial charge in [0.05, 0.1) is 24.5 Å². The smallest absolute Gasteiger partial charge is 0.352 e. The number of allylic oxidation sites excluding steroid dienone is 1. The molecule has 3 atom stereocenters. The van der Waals surface area contributed by atoms with Crippen molar-refractivity contribution in [2.24, 2.45) is 0 Å². The summed E-state index contributed by atoms with van der Waals surface area (Å²) in [4.78, 5) is 28.6. The molecule has 0 spiro atoms. The highest BCUT2D eigenvalue weighted by molar-refractivity contribution is 7.13. The number of fused-ring (bicyclic) bond motifs is 3. The van der Waals surface area contributed by atoms with Crippen LogP contribution in [0.15, 0.2) is 51.3 Å². The van der Waals surface area contributed by atoms with Crippen LogP contribution in [0.2, 0.25) is 0 Å². The molecule has 0 amide bonds. The first-order chi connectivity index (χ1) is 13.4. The van der Waals surface area contributed by atoms with Crippen LogP contribution in [0, 0.1) is 0 Å². The van der Waals surface area contributed by atoms with Crippen molar-refractivity contribution < 1.29 is 4.74 Å². The van der Waals surface area contributed by atoms with Crippen LogP contribution in [0.1, 0.15) is 19.4 Å².